The highest BCUT2D eigenvalue weighted by Crippen LogP contribution is 2.29. The molecule has 0 amide bonds. The number of esters is 1. The smallest absolute Gasteiger partial charge is 0.309 e. The lowest BCUT2D eigenvalue weighted by atomic mass is 9.80. The van der Waals surface area contributed by atoms with E-state index < -0.39 is 0 Å². The first-order valence-electron chi connectivity index (χ1n) is 4.94. The van der Waals surface area contributed by atoms with Crippen molar-refractivity contribution in [1.29, 1.82) is 0 Å². The fourth-order valence-corrected chi connectivity index (χ4v) is 1.91. The Hall–Kier alpha value is -0.830. The number of hydrogen-bond acceptors (Lipinski definition) is 3. The number of rotatable bonds is 3. The molecule has 1 aliphatic rings. The van der Waals surface area contributed by atoms with Crippen molar-refractivity contribution in [3.8, 4) is 0 Å². The summed E-state index contributed by atoms with van der Waals surface area (Å²) in [5, 5.41) is 0. The van der Waals surface area contributed by atoms with Crippen molar-refractivity contribution >= 4 is 5.97 Å². The van der Waals surface area contributed by atoms with Crippen LogP contribution in [-0.4, -0.2) is 26.8 Å². The van der Waals surface area contributed by atoms with E-state index in [1.807, 2.05) is 0 Å². The summed E-state index contributed by atoms with van der Waals surface area (Å²) in [6.45, 7) is 2.69. The highest BCUT2D eigenvalue weighted by Gasteiger charge is 2.31. The molecule has 0 saturated heterocycles. The van der Waals surface area contributed by atoms with Crippen LogP contribution in [-0.2, 0) is 14.3 Å². The van der Waals surface area contributed by atoms with E-state index in [-0.39, 0.29) is 17.8 Å². The van der Waals surface area contributed by atoms with Crippen LogP contribution < -0.4 is 0 Å². The van der Waals surface area contributed by atoms with Crippen molar-refractivity contribution in [3.05, 3.63) is 12.2 Å². The molecular weight excluding hydrogens is 180 g/mol. The molecule has 0 aromatic carbocycles. The Kier molecular flexibility index (Phi) is 4.14. The molecule has 1 aliphatic carbocycles. The summed E-state index contributed by atoms with van der Waals surface area (Å²) in [7, 11) is 3.09. The van der Waals surface area contributed by atoms with Gasteiger partial charge in [0, 0.05) is 13.0 Å². The molecule has 0 saturated carbocycles. The maximum atomic E-state index is 11.5. The SMILES string of the molecule is COC[C@H]1C=C[C@@H](C)C[C@H]1C(=O)OC. The Labute approximate surface area is 85.1 Å². The number of hydrogen-bond donors (Lipinski definition) is 0. The molecule has 3 nitrogen and oxygen atoms in total. The maximum absolute atomic E-state index is 11.5. The number of carbonyl (C=O) groups is 1. The third kappa shape index (κ3) is 2.58. The Morgan fingerprint density at radius 2 is 2.14 bits per heavy atom. The van der Waals surface area contributed by atoms with Gasteiger partial charge < -0.3 is 9.47 Å². The molecule has 0 radical (unpaired) electrons. The molecule has 0 aromatic rings. The van der Waals surface area contributed by atoms with Crippen LogP contribution in [0.5, 0.6) is 0 Å². The van der Waals surface area contributed by atoms with Crippen molar-refractivity contribution in [2.45, 2.75) is 13.3 Å². The van der Waals surface area contributed by atoms with E-state index in [0.717, 1.165) is 6.42 Å². The van der Waals surface area contributed by atoms with Crippen LogP contribution in [0, 0.1) is 17.8 Å². The fraction of sp³-hybridized carbons (Fsp3) is 0.727. The Morgan fingerprint density at radius 3 is 2.71 bits per heavy atom. The lowest BCUT2D eigenvalue weighted by molar-refractivity contribution is -0.148. The van der Waals surface area contributed by atoms with Gasteiger partial charge in [0.05, 0.1) is 19.6 Å². The zero-order chi connectivity index (χ0) is 10.6. The summed E-state index contributed by atoms with van der Waals surface area (Å²) in [5.74, 6) is 0.457. The summed E-state index contributed by atoms with van der Waals surface area (Å²) >= 11 is 0. The first-order valence-corrected chi connectivity index (χ1v) is 4.94. The van der Waals surface area contributed by atoms with E-state index in [4.69, 9.17) is 9.47 Å². The summed E-state index contributed by atoms with van der Waals surface area (Å²) in [4.78, 5) is 11.5. The van der Waals surface area contributed by atoms with Crippen LogP contribution in [0.25, 0.3) is 0 Å². The average molecular weight is 198 g/mol. The first kappa shape index (κ1) is 11.2. The van der Waals surface area contributed by atoms with Crippen LogP contribution in [0.4, 0.5) is 0 Å². The lowest BCUT2D eigenvalue weighted by Crippen LogP contribution is -2.30. The van der Waals surface area contributed by atoms with Gasteiger partial charge in [-0.25, -0.2) is 0 Å². The second-order valence-corrected chi connectivity index (χ2v) is 3.85. The summed E-state index contributed by atoms with van der Waals surface area (Å²) < 4.78 is 9.87. The normalized spacial score (nSPS) is 31.5. The molecular formula is C11H18O3. The van der Waals surface area contributed by atoms with E-state index in [0.29, 0.717) is 12.5 Å². The highest BCUT2D eigenvalue weighted by molar-refractivity contribution is 5.73. The van der Waals surface area contributed by atoms with Gasteiger partial charge in [-0.05, 0) is 12.3 Å². The zero-order valence-electron chi connectivity index (χ0n) is 9.03. The van der Waals surface area contributed by atoms with Gasteiger partial charge in [0.1, 0.15) is 0 Å². The minimum atomic E-state index is -0.122. The predicted molar refractivity (Wildman–Crippen MR) is 53.8 cm³/mol. The van der Waals surface area contributed by atoms with Crippen LogP contribution in [0.15, 0.2) is 12.2 Å². The van der Waals surface area contributed by atoms with Gasteiger partial charge in [0.25, 0.3) is 0 Å². The topological polar surface area (TPSA) is 35.5 Å². The second-order valence-electron chi connectivity index (χ2n) is 3.85. The highest BCUT2D eigenvalue weighted by atomic mass is 16.5. The molecule has 0 fully saturated rings. The molecule has 3 atom stereocenters. The van der Waals surface area contributed by atoms with Crippen molar-refractivity contribution in [2.75, 3.05) is 20.8 Å². The quantitative estimate of drug-likeness (QED) is 0.511. The minimum absolute atomic E-state index is 0.0417. The van der Waals surface area contributed by atoms with E-state index in [1.165, 1.54) is 7.11 Å². The van der Waals surface area contributed by atoms with Gasteiger partial charge >= 0.3 is 5.97 Å². The molecule has 3 heteroatoms. The standard InChI is InChI=1S/C11H18O3/c1-8-4-5-9(7-13-2)10(6-8)11(12)14-3/h4-5,8-10H,6-7H2,1-3H3/t8-,9-,10-/m1/s1. The molecule has 0 aliphatic heterocycles. The zero-order valence-corrected chi connectivity index (χ0v) is 9.03. The molecule has 0 unspecified atom stereocenters. The van der Waals surface area contributed by atoms with E-state index in [2.05, 4.69) is 19.1 Å². The summed E-state index contributed by atoms with van der Waals surface area (Å²) in [5.41, 5.74) is 0. The predicted octanol–water partition coefficient (Wildman–Crippen LogP) is 1.63. The summed E-state index contributed by atoms with van der Waals surface area (Å²) in [6, 6.07) is 0. The fourth-order valence-electron chi connectivity index (χ4n) is 1.91. The van der Waals surface area contributed by atoms with Crippen LogP contribution in [0.1, 0.15) is 13.3 Å². The van der Waals surface area contributed by atoms with Crippen LogP contribution in [0.3, 0.4) is 0 Å². The van der Waals surface area contributed by atoms with E-state index >= 15 is 0 Å². The Morgan fingerprint density at radius 1 is 1.43 bits per heavy atom. The van der Waals surface area contributed by atoms with Crippen molar-refractivity contribution < 1.29 is 14.3 Å². The third-order valence-corrected chi connectivity index (χ3v) is 2.69. The van der Waals surface area contributed by atoms with E-state index in [1.54, 1.807) is 7.11 Å². The second kappa shape index (κ2) is 5.15. The monoisotopic (exact) mass is 198 g/mol. The number of carbonyl (C=O) groups excluding carboxylic acids is 1. The van der Waals surface area contributed by atoms with E-state index in [9.17, 15) is 4.79 Å². The Balaban J connectivity index is 2.68. The molecule has 80 valence electrons. The van der Waals surface area contributed by atoms with Gasteiger partial charge in [-0.3, -0.25) is 4.79 Å². The average Bonchev–Trinajstić information content (AvgIpc) is 2.20. The van der Waals surface area contributed by atoms with Gasteiger partial charge in [-0.15, -0.1) is 0 Å². The largest absolute Gasteiger partial charge is 0.469 e. The van der Waals surface area contributed by atoms with Gasteiger partial charge in [-0.1, -0.05) is 19.1 Å². The minimum Gasteiger partial charge on any atom is -0.469 e. The first-order chi connectivity index (χ1) is 6.69. The maximum Gasteiger partial charge on any atom is 0.309 e. The molecule has 14 heavy (non-hydrogen) atoms. The molecule has 1 rings (SSSR count). The molecule has 0 heterocycles. The van der Waals surface area contributed by atoms with Crippen LogP contribution >= 0.6 is 0 Å². The van der Waals surface area contributed by atoms with Gasteiger partial charge in [0.2, 0.25) is 0 Å². The molecule has 0 N–H and O–H groups in total. The van der Waals surface area contributed by atoms with Crippen LogP contribution in [0.2, 0.25) is 0 Å². The lowest BCUT2D eigenvalue weighted by Gasteiger charge is -2.27. The summed E-state index contributed by atoms with van der Waals surface area (Å²) in [6.07, 6.45) is 5.07. The Bertz CT molecular complexity index is 223. The van der Waals surface area contributed by atoms with Gasteiger partial charge in [0.15, 0.2) is 0 Å². The van der Waals surface area contributed by atoms with Crippen molar-refractivity contribution in [3.63, 3.8) is 0 Å². The van der Waals surface area contributed by atoms with Crippen molar-refractivity contribution in [2.24, 2.45) is 17.8 Å². The third-order valence-electron chi connectivity index (χ3n) is 2.69. The van der Waals surface area contributed by atoms with Crippen molar-refractivity contribution in [1.82, 2.24) is 0 Å². The van der Waals surface area contributed by atoms with Gasteiger partial charge in [-0.2, -0.15) is 0 Å². The molecule has 0 spiro atoms. The molecule has 0 aromatic heterocycles. The molecule has 0 bridgehead atoms. The number of methoxy groups -OCH3 is 2. The number of ether oxygens (including phenoxy) is 2. The number of allylic oxidation sites excluding steroid dienone is 1.